The van der Waals surface area contributed by atoms with Crippen LogP contribution in [0.15, 0.2) is 0 Å². The molecule has 2 aliphatic heterocycles. The summed E-state index contributed by atoms with van der Waals surface area (Å²) in [6, 6.07) is -0.677. The molecular weight excluding hydrogens is 190 g/mol. The quantitative estimate of drug-likeness (QED) is 0.281. The second kappa shape index (κ2) is 3.41. The van der Waals surface area contributed by atoms with Crippen LogP contribution in [-0.2, 0) is 0 Å². The van der Waals surface area contributed by atoms with Crippen molar-refractivity contribution < 1.29 is 25.5 Å². The van der Waals surface area contributed by atoms with Crippen molar-refractivity contribution in [2.45, 2.75) is 36.6 Å². The van der Waals surface area contributed by atoms with Crippen LogP contribution in [0.5, 0.6) is 0 Å². The van der Waals surface area contributed by atoms with Crippen LogP contribution in [0.3, 0.4) is 0 Å². The Morgan fingerprint density at radius 2 is 1.21 bits per heavy atom. The highest BCUT2D eigenvalue weighted by Crippen LogP contribution is 2.28. The first-order valence-electron chi connectivity index (χ1n) is 4.66. The Hall–Kier alpha value is -0.240. The predicted octanol–water partition coefficient (Wildman–Crippen LogP) is -3.51. The monoisotopic (exact) mass is 205 g/mol. The van der Waals surface area contributed by atoms with E-state index in [1.165, 1.54) is 0 Å². The molecule has 2 fully saturated rings. The molecule has 0 saturated carbocycles. The average molecular weight is 205 g/mol. The van der Waals surface area contributed by atoms with Gasteiger partial charge in [-0.2, -0.15) is 0 Å². The van der Waals surface area contributed by atoms with Gasteiger partial charge in [-0.1, -0.05) is 0 Å². The van der Waals surface area contributed by atoms with Gasteiger partial charge < -0.3 is 25.5 Å². The fourth-order valence-corrected chi connectivity index (χ4v) is 2.31. The zero-order valence-corrected chi connectivity index (χ0v) is 7.56. The fourth-order valence-electron chi connectivity index (χ4n) is 2.31. The van der Waals surface area contributed by atoms with Crippen LogP contribution in [0.25, 0.3) is 0 Å². The molecule has 0 aromatic heterocycles. The van der Waals surface area contributed by atoms with Gasteiger partial charge in [-0.3, -0.25) is 4.90 Å². The van der Waals surface area contributed by atoms with Gasteiger partial charge in [-0.25, -0.2) is 0 Å². The number of rotatable bonds is 0. The summed E-state index contributed by atoms with van der Waals surface area (Å²) in [6.07, 6.45) is -5.49. The van der Waals surface area contributed by atoms with Crippen molar-refractivity contribution in [2.24, 2.45) is 0 Å². The lowest BCUT2D eigenvalue weighted by molar-refractivity contribution is -0.142. The first kappa shape index (κ1) is 10.3. The molecule has 6 heteroatoms. The maximum absolute atomic E-state index is 9.58. The summed E-state index contributed by atoms with van der Waals surface area (Å²) in [6.45, 7) is 0.379. The molecule has 6 atom stereocenters. The van der Waals surface area contributed by atoms with E-state index in [0.717, 1.165) is 0 Å². The third kappa shape index (κ3) is 1.35. The Morgan fingerprint density at radius 1 is 0.714 bits per heavy atom. The maximum atomic E-state index is 9.58. The Labute approximate surface area is 81.0 Å². The smallest absolute Gasteiger partial charge is 0.109 e. The second-order valence-corrected chi connectivity index (χ2v) is 4.05. The average Bonchev–Trinajstić information content (AvgIpc) is 2.39. The minimum absolute atomic E-state index is 0.164. The van der Waals surface area contributed by atoms with Crippen LogP contribution < -0.4 is 0 Å². The lowest BCUT2D eigenvalue weighted by Crippen LogP contribution is -2.61. The van der Waals surface area contributed by atoms with Crippen molar-refractivity contribution >= 4 is 0 Å². The molecule has 2 saturated heterocycles. The largest absolute Gasteiger partial charge is 0.389 e. The van der Waals surface area contributed by atoms with E-state index in [0.29, 0.717) is 0 Å². The van der Waals surface area contributed by atoms with Crippen LogP contribution in [0.4, 0.5) is 0 Å². The number of aliphatic hydroxyl groups excluding tert-OH is 5. The maximum Gasteiger partial charge on any atom is 0.109 e. The number of hydrogen-bond donors (Lipinski definition) is 5. The van der Waals surface area contributed by atoms with E-state index in [9.17, 15) is 25.5 Å². The molecule has 0 spiro atoms. The Bertz CT molecular complexity index is 224. The van der Waals surface area contributed by atoms with Gasteiger partial charge >= 0.3 is 0 Å². The van der Waals surface area contributed by atoms with Crippen molar-refractivity contribution in [1.82, 2.24) is 4.90 Å². The normalized spacial score (nSPS) is 54.6. The summed E-state index contributed by atoms with van der Waals surface area (Å²) >= 11 is 0. The third-order valence-electron chi connectivity index (χ3n) is 3.10. The van der Waals surface area contributed by atoms with Crippen LogP contribution in [0.2, 0.25) is 0 Å². The first-order chi connectivity index (χ1) is 6.52. The summed E-state index contributed by atoms with van der Waals surface area (Å²) in [7, 11) is 0. The van der Waals surface area contributed by atoms with Crippen LogP contribution in [0.1, 0.15) is 0 Å². The molecule has 14 heavy (non-hydrogen) atoms. The zero-order chi connectivity index (χ0) is 10.5. The number of nitrogens with zero attached hydrogens (tertiary/aromatic N) is 1. The molecule has 6 nitrogen and oxygen atoms in total. The lowest BCUT2D eigenvalue weighted by Gasteiger charge is -2.40. The molecule has 0 amide bonds. The molecular formula is C8H15NO5. The van der Waals surface area contributed by atoms with E-state index in [2.05, 4.69) is 0 Å². The van der Waals surface area contributed by atoms with E-state index in [1.807, 2.05) is 0 Å². The van der Waals surface area contributed by atoms with E-state index in [4.69, 9.17) is 0 Å². The molecule has 0 aromatic rings. The number of piperidine rings is 1. The van der Waals surface area contributed by atoms with Gasteiger partial charge in [-0.05, 0) is 0 Å². The number of aliphatic hydroxyl groups is 5. The molecule has 0 radical (unpaired) electrons. The lowest BCUT2D eigenvalue weighted by atomic mass is 9.93. The molecule has 0 bridgehead atoms. The van der Waals surface area contributed by atoms with Gasteiger partial charge in [0.25, 0.3) is 0 Å². The second-order valence-electron chi connectivity index (χ2n) is 4.05. The van der Waals surface area contributed by atoms with E-state index in [-0.39, 0.29) is 13.1 Å². The van der Waals surface area contributed by atoms with Crippen molar-refractivity contribution in [3.63, 3.8) is 0 Å². The number of fused-ring (bicyclic) bond motifs is 1. The highest BCUT2D eigenvalue weighted by atomic mass is 16.4. The molecule has 2 aliphatic rings. The highest BCUT2D eigenvalue weighted by Gasteiger charge is 2.51. The van der Waals surface area contributed by atoms with Gasteiger partial charge in [-0.15, -0.1) is 0 Å². The molecule has 0 aromatic carbocycles. The van der Waals surface area contributed by atoms with Crippen LogP contribution in [0, 0.1) is 0 Å². The Kier molecular flexibility index (Phi) is 2.50. The molecule has 2 heterocycles. The molecule has 5 N–H and O–H groups in total. The van der Waals surface area contributed by atoms with Crippen LogP contribution in [-0.4, -0.2) is 80.1 Å². The van der Waals surface area contributed by atoms with Crippen molar-refractivity contribution in [3.05, 3.63) is 0 Å². The summed E-state index contributed by atoms with van der Waals surface area (Å²) in [5, 5.41) is 47.2. The third-order valence-corrected chi connectivity index (χ3v) is 3.10. The topological polar surface area (TPSA) is 104 Å². The zero-order valence-electron chi connectivity index (χ0n) is 7.56. The van der Waals surface area contributed by atoms with E-state index in [1.54, 1.807) is 4.90 Å². The minimum Gasteiger partial charge on any atom is -0.389 e. The molecule has 82 valence electrons. The highest BCUT2D eigenvalue weighted by molar-refractivity contribution is 5.04. The van der Waals surface area contributed by atoms with Crippen molar-refractivity contribution in [1.29, 1.82) is 0 Å². The van der Waals surface area contributed by atoms with Gasteiger partial charge in [0.1, 0.15) is 12.2 Å². The van der Waals surface area contributed by atoms with E-state index >= 15 is 0 Å². The van der Waals surface area contributed by atoms with E-state index < -0.39 is 36.6 Å². The van der Waals surface area contributed by atoms with Gasteiger partial charge in [0, 0.05) is 13.1 Å². The van der Waals surface area contributed by atoms with Crippen LogP contribution >= 0.6 is 0 Å². The summed E-state index contributed by atoms with van der Waals surface area (Å²) < 4.78 is 0. The standard InChI is InChI=1S/C8H15NO5/c10-3-1-9-2-4(11)7(13)8(14)5(9)6(3)12/h3-8,10-14H,1-2H2/t3-,4-,5-,6+,7+,8+/m0/s1. The Balaban J connectivity index is 2.18. The first-order valence-corrected chi connectivity index (χ1v) is 4.66. The predicted molar refractivity (Wildman–Crippen MR) is 45.4 cm³/mol. The van der Waals surface area contributed by atoms with Gasteiger partial charge in [0.05, 0.1) is 24.4 Å². The van der Waals surface area contributed by atoms with Gasteiger partial charge in [0.15, 0.2) is 0 Å². The summed E-state index contributed by atoms with van der Waals surface area (Å²) in [5.74, 6) is 0. The summed E-state index contributed by atoms with van der Waals surface area (Å²) in [5.41, 5.74) is 0. The Morgan fingerprint density at radius 3 is 1.79 bits per heavy atom. The SMILES string of the molecule is O[C@H]1[C@H](O)[C@@H](O)CN2C[C@H](O)[C@@H](O)[C@@H]12. The number of hydrogen-bond acceptors (Lipinski definition) is 6. The summed E-state index contributed by atoms with van der Waals surface area (Å²) in [4.78, 5) is 1.59. The van der Waals surface area contributed by atoms with Crippen molar-refractivity contribution in [3.8, 4) is 0 Å². The minimum atomic E-state index is -1.25. The van der Waals surface area contributed by atoms with Crippen molar-refractivity contribution in [2.75, 3.05) is 13.1 Å². The van der Waals surface area contributed by atoms with Gasteiger partial charge in [0.2, 0.25) is 0 Å². The molecule has 0 unspecified atom stereocenters. The molecule has 0 aliphatic carbocycles. The fraction of sp³-hybridized carbons (Fsp3) is 1.00. The molecule has 2 rings (SSSR count).